The van der Waals surface area contributed by atoms with Crippen molar-refractivity contribution in [2.45, 2.75) is 19.1 Å². The molecule has 2 aromatic carbocycles. The van der Waals surface area contributed by atoms with Crippen molar-refractivity contribution >= 4 is 23.5 Å². The third-order valence-corrected chi connectivity index (χ3v) is 5.06. The molecule has 11 heteroatoms. The van der Waals surface area contributed by atoms with Gasteiger partial charge in [-0.05, 0) is 36.2 Å². The molecule has 2 heterocycles. The molecular formula is C22H21F3N6O2. The summed E-state index contributed by atoms with van der Waals surface area (Å²) in [6.45, 7) is -0.389. The largest absolute Gasteiger partial charge is 0.484 e. The predicted octanol–water partition coefficient (Wildman–Crippen LogP) is 3.48. The molecule has 4 rings (SSSR count). The maximum absolute atomic E-state index is 12.5. The van der Waals surface area contributed by atoms with Crippen LogP contribution < -0.4 is 20.3 Å². The second kappa shape index (κ2) is 9.31. The van der Waals surface area contributed by atoms with Crippen LogP contribution in [-0.2, 0) is 13.0 Å². The Balaban J connectivity index is 1.49. The highest BCUT2D eigenvalue weighted by molar-refractivity contribution is 5.95. The molecule has 0 atom stereocenters. The van der Waals surface area contributed by atoms with E-state index in [4.69, 9.17) is 4.74 Å². The first-order valence-corrected chi connectivity index (χ1v) is 10.2. The maximum atomic E-state index is 12.5. The number of anilines is 3. The molecule has 1 aliphatic rings. The van der Waals surface area contributed by atoms with Gasteiger partial charge in [-0.2, -0.15) is 18.2 Å². The second-order valence-corrected chi connectivity index (χ2v) is 7.36. The van der Waals surface area contributed by atoms with Crippen molar-refractivity contribution in [3.8, 4) is 5.75 Å². The zero-order chi connectivity index (χ0) is 23.4. The Kier molecular flexibility index (Phi) is 6.29. The number of alkyl halides is 3. The summed E-state index contributed by atoms with van der Waals surface area (Å²) in [5.41, 5.74) is 2.75. The fraction of sp³-hybridized carbons (Fsp3) is 0.273. The van der Waals surface area contributed by atoms with E-state index in [-0.39, 0.29) is 11.7 Å². The van der Waals surface area contributed by atoms with Gasteiger partial charge in [-0.25, -0.2) is 9.97 Å². The van der Waals surface area contributed by atoms with Crippen molar-refractivity contribution in [3.05, 3.63) is 65.5 Å². The number of nitrogens with one attached hydrogen (secondary N) is 2. The number of amides is 1. The molecule has 172 valence electrons. The summed E-state index contributed by atoms with van der Waals surface area (Å²) in [4.78, 5) is 26.6. The number of halogens is 3. The van der Waals surface area contributed by atoms with Crippen LogP contribution in [0, 0.1) is 0 Å². The summed E-state index contributed by atoms with van der Waals surface area (Å²) in [6.07, 6.45) is -2.52. The van der Waals surface area contributed by atoms with Crippen molar-refractivity contribution in [2.24, 2.45) is 0 Å². The molecular weight excluding hydrogens is 437 g/mol. The Bertz CT molecular complexity index is 1150. The average Bonchev–Trinajstić information content (AvgIpc) is 2.81. The van der Waals surface area contributed by atoms with Crippen LogP contribution in [0.3, 0.4) is 0 Å². The van der Waals surface area contributed by atoms with Gasteiger partial charge in [0.2, 0.25) is 11.9 Å². The van der Waals surface area contributed by atoms with Gasteiger partial charge in [0.1, 0.15) is 12.1 Å². The fourth-order valence-corrected chi connectivity index (χ4v) is 3.55. The van der Waals surface area contributed by atoms with Crippen molar-refractivity contribution in [1.29, 1.82) is 0 Å². The van der Waals surface area contributed by atoms with E-state index in [2.05, 4.69) is 25.6 Å². The topological polar surface area (TPSA) is 92.3 Å². The standard InChI is InChI=1S/C22H21F3N6O2/c1-26-19(32)14-4-2-6-16(10-14)29-20-27-13-28-21(30-20)31-9-8-17-15(11-31)5-3-7-18(17)33-12-22(23,24)25/h2-7,10,13H,8-9,11-12H2,1H3,(H,26,32)(H,27,28,29,30). The van der Waals surface area contributed by atoms with Crippen LogP contribution in [0.15, 0.2) is 48.8 Å². The zero-order valence-electron chi connectivity index (χ0n) is 17.7. The van der Waals surface area contributed by atoms with Gasteiger partial charge in [-0.3, -0.25) is 4.79 Å². The van der Waals surface area contributed by atoms with Crippen molar-refractivity contribution in [1.82, 2.24) is 20.3 Å². The maximum Gasteiger partial charge on any atom is 0.422 e. The highest BCUT2D eigenvalue weighted by Crippen LogP contribution is 2.30. The molecule has 0 saturated carbocycles. The molecule has 8 nitrogen and oxygen atoms in total. The Labute approximate surface area is 187 Å². The van der Waals surface area contributed by atoms with Gasteiger partial charge in [0, 0.05) is 37.0 Å². The van der Waals surface area contributed by atoms with Crippen LogP contribution >= 0.6 is 0 Å². The molecule has 1 aliphatic heterocycles. The summed E-state index contributed by atoms with van der Waals surface area (Å²) >= 11 is 0. The number of fused-ring (bicyclic) bond motifs is 1. The fourth-order valence-electron chi connectivity index (χ4n) is 3.55. The molecule has 33 heavy (non-hydrogen) atoms. The van der Waals surface area contributed by atoms with E-state index in [0.717, 1.165) is 11.1 Å². The molecule has 1 aromatic heterocycles. The number of ether oxygens (including phenoxy) is 1. The third-order valence-electron chi connectivity index (χ3n) is 5.06. The van der Waals surface area contributed by atoms with Gasteiger partial charge in [-0.1, -0.05) is 18.2 Å². The minimum Gasteiger partial charge on any atom is -0.484 e. The predicted molar refractivity (Wildman–Crippen MR) is 116 cm³/mol. The van der Waals surface area contributed by atoms with Crippen LogP contribution in [0.4, 0.5) is 30.8 Å². The van der Waals surface area contributed by atoms with Crippen molar-refractivity contribution in [2.75, 3.05) is 30.4 Å². The Morgan fingerprint density at radius 3 is 2.79 bits per heavy atom. The highest BCUT2D eigenvalue weighted by atomic mass is 19.4. The first-order valence-electron chi connectivity index (χ1n) is 10.2. The third kappa shape index (κ3) is 5.48. The van der Waals surface area contributed by atoms with E-state index in [1.807, 2.05) is 11.0 Å². The molecule has 0 spiro atoms. The van der Waals surface area contributed by atoms with Crippen molar-refractivity contribution < 1.29 is 22.7 Å². The van der Waals surface area contributed by atoms with E-state index >= 15 is 0 Å². The Morgan fingerprint density at radius 2 is 2.00 bits per heavy atom. The number of nitrogens with zero attached hydrogens (tertiary/aromatic N) is 4. The SMILES string of the molecule is CNC(=O)c1cccc(Nc2ncnc(N3CCc4c(cccc4OCC(F)(F)F)C3)n2)c1. The minimum absolute atomic E-state index is 0.208. The molecule has 0 fully saturated rings. The Morgan fingerprint density at radius 1 is 1.18 bits per heavy atom. The molecule has 2 N–H and O–H groups in total. The van der Waals surface area contributed by atoms with E-state index in [1.54, 1.807) is 43.4 Å². The van der Waals surface area contributed by atoms with E-state index in [0.29, 0.717) is 42.7 Å². The van der Waals surface area contributed by atoms with E-state index in [9.17, 15) is 18.0 Å². The summed E-state index contributed by atoms with van der Waals surface area (Å²) in [6, 6.07) is 12.0. The molecule has 0 saturated heterocycles. The smallest absolute Gasteiger partial charge is 0.422 e. The lowest BCUT2D eigenvalue weighted by Gasteiger charge is -2.30. The monoisotopic (exact) mass is 458 g/mol. The second-order valence-electron chi connectivity index (χ2n) is 7.36. The first-order chi connectivity index (χ1) is 15.8. The number of hydrogen-bond acceptors (Lipinski definition) is 7. The summed E-state index contributed by atoms with van der Waals surface area (Å²) < 4.78 is 42.7. The molecule has 1 amide bonds. The zero-order valence-corrected chi connectivity index (χ0v) is 17.7. The van der Waals surface area contributed by atoms with Gasteiger partial charge in [-0.15, -0.1) is 0 Å². The van der Waals surface area contributed by atoms with Gasteiger partial charge >= 0.3 is 6.18 Å². The summed E-state index contributed by atoms with van der Waals surface area (Å²) in [5.74, 6) is 0.781. The number of aromatic nitrogens is 3. The lowest BCUT2D eigenvalue weighted by Crippen LogP contribution is -2.32. The minimum atomic E-state index is -4.39. The molecule has 3 aromatic rings. The number of carbonyl (C=O) groups excluding carboxylic acids is 1. The normalized spacial score (nSPS) is 13.3. The lowest BCUT2D eigenvalue weighted by atomic mass is 9.99. The molecule has 0 aliphatic carbocycles. The van der Waals surface area contributed by atoms with E-state index < -0.39 is 12.8 Å². The van der Waals surface area contributed by atoms with Crippen LogP contribution in [0.2, 0.25) is 0 Å². The molecule has 0 bridgehead atoms. The summed E-state index contributed by atoms with van der Waals surface area (Å²) in [7, 11) is 1.56. The first kappa shape index (κ1) is 22.3. The van der Waals surface area contributed by atoms with Crippen LogP contribution in [0.5, 0.6) is 5.75 Å². The number of hydrogen-bond donors (Lipinski definition) is 2. The average molecular weight is 458 g/mol. The van der Waals surface area contributed by atoms with Gasteiger partial charge in [0.05, 0.1) is 0 Å². The van der Waals surface area contributed by atoms with Crippen LogP contribution in [0.25, 0.3) is 0 Å². The summed E-state index contributed by atoms with van der Waals surface area (Å²) in [5, 5.41) is 5.64. The molecule has 0 unspecified atom stereocenters. The van der Waals surface area contributed by atoms with Crippen molar-refractivity contribution in [3.63, 3.8) is 0 Å². The lowest BCUT2D eigenvalue weighted by molar-refractivity contribution is -0.153. The quantitative estimate of drug-likeness (QED) is 0.584. The van der Waals surface area contributed by atoms with Gasteiger partial charge in [0.25, 0.3) is 5.91 Å². The van der Waals surface area contributed by atoms with Crippen LogP contribution in [-0.4, -0.2) is 47.2 Å². The number of rotatable bonds is 6. The highest BCUT2D eigenvalue weighted by Gasteiger charge is 2.29. The van der Waals surface area contributed by atoms with Crippen LogP contribution in [0.1, 0.15) is 21.5 Å². The number of benzene rings is 2. The Hall–Kier alpha value is -3.89. The molecule has 0 radical (unpaired) electrons. The van der Waals surface area contributed by atoms with E-state index in [1.165, 1.54) is 6.33 Å². The number of carbonyl (C=O) groups is 1. The van der Waals surface area contributed by atoms with Gasteiger partial charge in [0.15, 0.2) is 6.61 Å². The van der Waals surface area contributed by atoms with Gasteiger partial charge < -0.3 is 20.3 Å².